The van der Waals surface area contributed by atoms with Gasteiger partial charge in [0.1, 0.15) is 0 Å². The van der Waals surface area contributed by atoms with Gasteiger partial charge in [-0.1, -0.05) is 18.2 Å². The van der Waals surface area contributed by atoms with Crippen LogP contribution in [0, 0.1) is 11.6 Å². The van der Waals surface area contributed by atoms with Crippen LogP contribution in [0.1, 0.15) is 11.1 Å². The van der Waals surface area contributed by atoms with Gasteiger partial charge in [0, 0.05) is 31.7 Å². The van der Waals surface area contributed by atoms with Gasteiger partial charge in [-0.15, -0.1) is 10.2 Å². The van der Waals surface area contributed by atoms with Gasteiger partial charge >= 0.3 is 0 Å². The Balaban J connectivity index is 1.23. The molecule has 4 rings (SSSR count). The van der Waals surface area contributed by atoms with E-state index in [-0.39, 0.29) is 18.4 Å². The summed E-state index contributed by atoms with van der Waals surface area (Å²) < 4.78 is 37.4. The van der Waals surface area contributed by atoms with E-state index in [0.717, 1.165) is 17.2 Å². The molecule has 2 heterocycles. The lowest BCUT2D eigenvalue weighted by Crippen LogP contribution is -2.47. The van der Waals surface area contributed by atoms with Gasteiger partial charge in [-0.05, 0) is 35.4 Å². The SMILES string of the molecule is O=C(Cc1ccc(-c2nnco2)cc1)NC[C@H]1CN(Cc2ccc(F)c(F)c2)CCO1. The van der Waals surface area contributed by atoms with Crippen molar-refractivity contribution in [2.75, 3.05) is 26.2 Å². The van der Waals surface area contributed by atoms with E-state index < -0.39 is 11.6 Å². The maximum absolute atomic E-state index is 13.4. The molecule has 2 aromatic carbocycles. The number of halogens is 2. The lowest BCUT2D eigenvalue weighted by atomic mass is 10.1. The van der Waals surface area contributed by atoms with E-state index >= 15 is 0 Å². The Bertz CT molecular complexity index is 1010. The van der Waals surface area contributed by atoms with Crippen LogP contribution in [0.3, 0.4) is 0 Å². The number of aromatic nitrogens is 2. The van der Waals surface area contributed by atoms with Crippen LogP contribution in [0.25, 0.3) is 11.5 Å². The van der Waals surface area contributed by atoms with Crippen molar-refractivity contribution in [3.63, 3.8) is 0 Å². The van der Waals surface area contributed by atoms with Crippen molar-refractivity contribution in [1.29, 1.82) is 0 Å². The maximum atomic E-state index is 13.4. The quantitative estimate of drug-likeness (QED) is 0.623. The molecule has 1 saturated heterocycles. The summed E-state index contributed by atoms with van der Waals surface area (Å²) in [4.78, 5) is 14.4. The third kappa shape index (κ3) is 5.71. The van der Waals surface area contributed by atoms with E-state index in [9.17, 15) is 13.6 Å². The smallest absolute Gasteiger partial charge is 0.247 e. The zero-order chi connectivity index (χ0) is 21.6. The Morgan fingerprint density at radius 1 is 1.13 bits per heavy atom. The highest BCUT2D eigenvalue weighted by atomic mass is 19.2. The predicted molar refractivity (Wildman–Crippen MR) is 108 cm³/mol. The van der Waals surface area contributed by atoms with Crippen LogP contribution in [0.2, 0.25) is 0 Å². The molecule has 31 heavy (non-hydrogen) atoms. The molecule has 0 saturated carbocycles. The molecule has 1 aliphatic rings. The lowest BCUT2D eigenvalue weighted by molar-refractivity contribution is -0.121. The van der Waals surface area contributed by atoms with E-state index in [1.807, 2.05) is 24.3 Å². The number of amides is 1. The molecule has 1 atom stereocenters. The summed E-state index contributed by atoms with van der Waals surface area (Å²) in [7, 11) is 0. The fourth-order valence-electron chi connectivity index (χ4n) is 3.48. The summed E-state index contributed by atoms with van der Waals surface area (Å²) in [5.74, 6) is -1.37. The molecule has 162 valence electrons. The molecule has 0 unspecified atom stereocenters. The van der Waals surface area contributed by atoms with Crippen molar-refractivity contribution in [3.8, 4) is 11.5 Å². The molecular formula is C22H22F2N4O3. The van der Waals surface area contributed by atoms with Crippen LogP contribution in [-0.4, -0.2) is 53.3 Å². The van der Waals surface area contributed by atoms with Crippen molar-refractivity contribution in [2.24, 2.45) is 0 Å². The van der Waals surface area contributed by atoms with E-state index in [4.69, 9.17) is 9.15 Å². The van der Waals surface area contributed by atoms with Gasteiger partial charge in [-0.25, -0.2) is 8.78 Å². The molecule has 1 fully saturated rings. The number of carbonyl (C=O) groups is 1. The number of carbonyl (C=O) groups excluding carboxylic acids is 1. The Morgan fingerprint density at radius 2 is 1.94 bits per heavy atom. The summed E-state index contributed by atoms with van der Waals surface area (Å²) in [5, 5.41) is 10.4. The molecule has 1 aromatic heterocycles. The first-order valence-corrected chi connectivity index (χ1v) is 9.97. The molecule has 1 aliphatic heterocycles. The predicted octanol–water partition coefficient (Wildman–Crippen LogP) is 2.57. The minimum absolute atomic E-state index is 0.105. The number of hydrogen-bond acceptors (Lipinski definition) is 6. The number of morpholine rings is 1. The average Bonchev–Trinajstić information content (AvgIpc) is 3.31. The topological polar surface area (TPSA) is 80.5 Å². The molecule has 0 spiro atoms. The number of nitrogens with zero attached hydrogens (tertiary/aromatic N) is 3. The monoisotopic (exact) mass is 428 g/mol. The highest BCUT2D eigenvalue weighted by Crippen LogP contribution is 2.17. The summed E-state index contributed by atoms with van der Waals surface area (Å²) in [6, 6.07) is 11.3. The fourth-order valence-corrected chi connectivity index (χ4v) is 3.48. The molecule has 9 heteroatoms. The number of hydrogen-bond donors (Lipinski definition) is 1. The highest BCUT2D eigenvalue weighted by Gasteiger charge is 2.21. The Hall–Kier alpha value is -3.17. The second-order valence-electron chi connectivity index (χ2n) is 7.40. The zero-order valence-electron chi connectivity index (χ0n) is 16.8. The van der Waals surface area contributed by atoms with Crippen molar-refractivity contribution < 1.29 is 22.7 Å². The van der Waals surface area contributed by atoms with Gasteiger partial charge in [0.2, 0.25) is 18.2 Å². The van der Waals surface area contributed by atoms with Crippen LogP contribution >= 0.6 is 0 Å². The standard InChI is InChI=1S/C22H22F2N4O3/c23-19-6-3-16(9-20(19)24)12-28-7-8-30-18(13-28)11-25-21(29)10-15-1-4-17(5-2-15)22-27-26-14-31-22/h1-6,9,14,18H,7-8,10-13H2,(H,25,29)/t18-/m0/s1. The van der Waals surface area contributed by atoms with Crippen molar-refractivity contribution in [2.45, 2.75) is 19.1 Å². The summed E-state index contributed by atoms with van der Waals surface area (Å²) in [6.45, 7) is 2.68. The Kier molecular flexibility index (Phi) is 6.63. The number of ether oxygens (including phenoxy) is 1. The van der Waals surface area contributed by atoms with Gasteiger partial charge < -0.3 is 14.5 Å². The first-order chi connectivity index (χ1) is 15.1. The second-order valence-corrected chi connectivity index (χ2v) is 7.40. The van der Waals surface area contributed by atoms with Crippen molar-refractivity contribution in [1.82, 2.24) is 20.4 Å². The number of nitrogens with one attached hydrogen (secondary N) is 1. The maximum Gasteiger partial charge on any atom is 0.247 e. The molecule has 3 aromatic rings. The minimum Gasteiger partial charge on any atom is -0.423 e. The largest absolute Gasteiger partial charge is 0.423 e. The van der Waals surface area contributed by atoms with E-state index in [1.54, 1.807) is 6.07 Å². The molecule has 0 aliphatic carbocycles. The molecule has 1 N–H and O–H groups in total. The van der Waals surface area contributed by atoms with Crippen molar-refractivity contribution in [3.05, 3.63) is 71.6 Å². The van der Waals surface area contributed by atoms with Gasteiger partial charge in [0.05, 0.1) is 19.1 Å². The van der Waals surface area contributed by atoms with Crippen molar-refractivity contribution >= 4 is 5.91 Å². The molecule has 0 radical (unpaired) electrons. The summed E-state index contributed by atoms with van der Waals surface area (Å²) >= 11 is 0. The van der Waals surface area contributed by atoms with Crippen LogP contribution in [0.15, 0.2) is 53.3 Å². The first kappa shape index (κ1) is 21.1. The average molecular weight is 428 g/mol. The molecule has 0 bridgehead atoms. The van der Waals surface area contributed by atoms with E-state index in [1.165, 1.54) is 12.5 Å². The van der Waals surface area contributed by atoms with E-state index in [0.29, 0.717) is 44.2 Å². The lowest BCUT2D eigenvalue weighted by Gasteiger charge is -2.33. The fraction of sp³-hybridized carbons (Fsp3) is 0.318. The van der Waals surface area contributed by atoms with Crippen LogP contribution < -0.4 is 5.32 Å². The minimum atomic E-state index is -0.851. The highest BCUT2D eigenvalue weighted by molar-refractivity contribution is 5.78. The third-order valence-corrected chi connectivity index (χ3v) is 5.07. The van der Waals surface area contributed by atoms with Crippen LogP contribution in [0.4, 0.5) is 8.78 Å². The number of benzene rings is 2. The Labute approximate surface area is 178 Å². The second kappa shape index (κ2) is 9.76. The van der Waals surface area contributed by atoms with Crippen LogP contribution in [-0.2, 0) is 22.5 Å². The van der Waals surface area contributed by atoms with Gasteiger partial charge in [0.25, 0.3) is 0 Å². The molecular weight excluding hydrogens is 406 g/mol. The summed E-state index contributed by atoms with van der Waals surface area (Å²) in [6.07, 6.45) is 1.35. The number of rotatable bonds is 7. The summed E-state index contributed by atoms with van der Waals surface area (Å²) in [5.41, 5.74) is 2.36. The Morgan fingerprint density at radius 3 is 2.68 bits per heavy atom. The third-order valence-electron chi connectivity index (χ3n) is 5.07. The van der Waals surface area contributed by atoms with E-state index in [2.05, 4.69) is 20.4 Å². The zero-order valence-corrected chi connectivity index (χ0v) is 16.8. The van der Waals surface area contributed by atoms with Crippen LogP contribution in [0.5, 0.6) is 0 Å². The van der Waals surface area contributed by atoms with Gasteiger partial charge in [-0.3, -0.25) is 9.69 Å². The van der Waals surface area contributed by atoms with Gasteiger partial charge in [-0.2, -0.15) is 0 Å². The molecule has 7 nitrogen and oxygen atoms in total. The molecule has 1 amide bonds. The normalized spacial score (nSPS) is 16.9. The van der Waals surface area contributed by atoms with Gasteiger partial charge in [0.15, 0.2) is 11.6 Å². The first-order valence-electron chi connectivity index (χ1n) is 9.97.